The third-order valence-electron chi connectivity index (χ3n) is 3.17. The van der Waals surface area contributed by atoms with Gasteiger partial charge in [-0.2, -0.15) is 5.10 Å². The van der Waals surface area contributed by atoms with Gasteiger partial charge in [-0.25, -0.2) is 5.43 Å². The van der Waals surface area contributed by atoms with E-state index in [1.165, 1.54) is 19.2 Å². The molecule has 0 aliphatic rings. The number of hydrogen-bond donors (Lipinski definition) is 2. The highest BCUT2D eigenvalue weighted by molar-refractivity contribution is 6.35. The summed E-state index contributed by atoms with van der Waals surface area (Å²) in [4.78, 5) is 22.0. The molecular weight excluding hydrogens is 401 g/mol. The Labute approximate surface area is 163 Å². The van der Waals surface area contributed by atoms with Crippen molar-refractivity contribution in [3.63, 3.8) is 0 Å². The van der Waals surface area contributed by atoms with Gasteiger partial charge in [-0.3, -0.25) is 14.9 Å². The van der Waals surface area contributed by atoms with Crippen LogP contribution in [0.1, 0.15) is 5.56 Å². The molecule has 11 heteroatoms. The zero-order valence-corrected chi connectivity index (χ0v) is 15.3. The lowest BCUT2D eigenvalue weighted by atomic mass is 10.2. The molecule has 1 amide bonds. The summed E-state index contributed by atoms with van der Waals surface area (Å²) in [6.07, 6.45) is 1.04. The number of hydrazone groups is 1. The number of phenols is 1. The number of non-ortho nitro benzene ring substituents is 1. The molecule has 0 saturated heterocycles. The van der Waals surface area contributed by atoms with Crippen molar-refractivity contribution in [2.45, 2.75) is 0 Å². The van der Waals surface area contributed by atoms with E-state index in [4.69, 9.17) is 32.7 Å². The van der Waals surface area contributed by atoms with Gasteiger partial charge in [0.15, 0.2) is 18.1 Å². The maximum Gasteiger partial charge on any atom is 0.277 e. The lowest BCUT2D eigenvalue weighted by molar-refractivity contribution is -0.385. The van der Waals surface area contributed by atoms with E-state index in [0.717, 1.165) is 18.3 Å². The van der Waals surface area contributed by atoms with Crippen LogP contribution in [0.15, 0.2) is 35.4 Å². The SMILES string of the molecule is COc1cc([N+](=O)[O-])cc(/C=N/NC(=O)COc2ccc(Cl)cc2Cl)c1O. The predicted molar refractivity (Wildman–Crippen MR) is 99.0 cm³/mol. The molecule has 0 radical (unpaired) electrons. The second kappa shape index (κ2) is 9.06. The monoisotopic (exact) mass is 413 g/mol. The fourth-order valence-electron chi connectivity index (χ4n) is 1.92. The lowest BCUT2D eigenvalue weighted by Crippen LogP contribution is -2.24. The van der Waals surface area contributed by atoms with Gasteiger partial charge in [0.05, 0.1) is 29.3 Å². The molecular formula is C16H13Cl2N3O6. The lowest BCUT2D eigenvalue weighted by Gasteiger charge is -2.07. The Morgan fingerprint density at radius 1 is 1.33 bits per heavy atom. The minimum Gasteiger partial charge on any atom is -0.504 e. The van der Waals surface area contributed by atoms with E-state index in [1.54, 1.807) is 6.07 Å². The quantitative estimate of drug-likeness (QED) is 0.408. The molecule has 0 saturated carbocycles. The standard InChI is InChI=1S/C16H13Cl2N3O6/c1-26-14-6-11(21(24)25)4-9(16(14)23)7-19-20-15(22)8-27-13-3-2-10(17)5-12(13)18/h2-7,23H,8H2,1H3,(H,20,22)/b19-7+. The summed E-state index contributed by atoms with van der Waals surface area (Å²) in [5.74, 6) is -0.807. The van der Waals surface area contributed by atoms with Crippen molar-refractivity contribution in [1.29, 1.82) is 0 Å². The molecule has 0 fully saturated rings. The van der Waals surface area contributed by atoms with E-state index in [1.807, 2.05) is 0 Å². The van der Waals surface area contributed by atoms with E-state index in [2.05, 4.69) is 10.5 Å². The van der Waals surface area contributed by atoms with Crippen LogP contribution in [0.3, 0.4) is 0 Å². The normalized spacial score (nSPS) is 10.6. The van der Waals surface area contributed by atoms with Crippen molar-refractivity contribution in [1.82, 2.24) is 5.43 Å². The largest absolute Gasteiger partial charge is 0.504 e. The summed E-state index contributed by atoms with van der Waals surface area (Å²) < 4.78 is 10.1. The molecule has 2 aromatic rings. The number of aromatic hydroxyl groups is 1. The summed E-state index contributed by atoms with van der Waals surface area (Å²) in [6.45, 7) is -0.386. The number of nitro benzene ring substituents is 1. The van der Waals surface area contributed by atoms with E-state index in [-0.39, 0.29) is 40.1 Å². The number of ether oxygens (including phenoxy) is 2. The summed E-state index contributed by atoms with van der Waals surface area (Å²) in [7, 11) is 1.25. The number of nitro groups is 1. The van der Waals surface area contributed by atoms with Gasteiger partial charge in [-0.15, -0.1) is 0 Å². The minimum absolute atomic E-state index is 0.0111. The highest BCUT2D eigenvalue weighted by atomic mass is 35.5. The van der Waals surface area contributed by atoms with Crippen molar-refractivity contribution in [2.75, 3.05) is 13.7 Å². The Morgan fingerprint density at radius 2 is 2.07 bits per heavy atom. The number of carbonyl (C=O) groups excluding carboxylic acids is 1. The second-order valence-corrected chi connectivity index (χ2v) is 5.84. The van der Waals surface area contributed by atoms with E-state index in [9.17, 15) is 20.0 Å². The van der Waals surface area contributed by atoms with Gasteiger partial charge in [0.2, 0.25) is 0 Å². The summed E-state index contributed by atoms with van der Waals surface area (Å²) in [6, 6.07) is 6.67. The van der Waals surface area contributed by atoms with Crippen LogP contribution in [0.2, 0.25) is 10.0 Å². The molecule has 0 heterocycles. The Morgan fingerprint density at radius 3 is 2.70 bits per heavy atom. The highest BCUT2D eigenvalue weighted by Gasteiger charge is 2.16. The first-order valence-corrected chi connectivity index (χ1v) is 8.02. The number of methoxy groups -OCH3 is 1. The van der Waals surface area contributed by atoms with Crippen molar-refractivity contribution in [3.05, 3.63) is 56.1 Å². The predicted octanol–water partition coefficient (Wildman–Crippen LogP) is 3.14. The van der Waals surface area contributed by atoms with Gasteiger partial charge < -0.3 is 14.6 Å². The molecule has 142 valence electrons. The first-order chi connectivity index (χ1) is 12.8. The summed E-state index contributed by atoms with van der Waals surface area (Å²) in [5, 5.41) is 25.2. The number of nitrogens with zero attached hydrogens (tertiary/aromatic N) is 2. The fraction of sp³-hybridized carbons (Fsp3) is 0.125. The zero-order valence-electron chi connectivity index (χ0n) is 13.8. The molecule has 0 aliphatic carbocycles. The van der Waals surface area contributed by atoms with E-state index >= 15 is 0 Å². The Hall–Kier alpha value is -3.04. The number of amides is 1. The van der Waals surface area contributed by atoms with Gasteiger partial charge in [0.25, 0.3) is 11.6 Å². The van der Waals surface area contributed by atoms with Crippen LogP contribution >= 0.6 is 23.2 Å². The molecule has 0 unspecified atom stereocenters. The second-order valence-electron chi connectivity index (χ2n) is 5.00. The van der Waals surface area contributed by atoms with Gasteiger partial charge in [0, 0.05) is 16.7 Å². The molecule has 9 nitrogen and oxygen atoms in total. The first kappa shape index (κ1) is 20.3. The molecule has 0 atom stereocenters. The summed E-state index contributed by atoms with van der Waals surface area (Å²) in [5.41, 5.74) is 1.84. The number of hydrogen-bond acceptors (Lipinski definition) is 7. The third kappa shape index (κ3) is 5.47. The Kier molecular flexibility index (Phi) is 6.80. The molecule has 0 spiro atoms. The Bertz CT molecular complexity index is 904. The van der Waals surface area contributed by atoms with E-state index in [0.29, 0.717) is 5.02 Å². The maximum atomic E-state index is 11.8. The van der Waals surface area contributed by atoms with Crippen LogP contribution in [0.25, 0.3) is 0 Å². The average Bonchev–Trinajstić information content (AvgIpc) is 2.62. The number of halogens is 2. The van der Waals surface area contributed by atoms with Crippen molar-refractivity contribution in [3.8, 4) is 17.2 Å². The molecule has 2 aromatic carbocycles. The van der Waals surface area contributed by atoms with Crippen molar-refractivity contribution < 1.29 is 24.3 Å². The molecule has 0 aliphatic heterocycles. The topological polar surface area (TPSA) is 123 Å². The fourth-order valence-corrected chi connectivity index (χ4v) is 2.38. The van der Waals surface area contributed by atoms with Crippen LogP contribution < -0.4 is 14.9 Å². The average molecular weight is 414 g/mol. The van der Waals surface area contributed by atoms with Crippen LogP contribution in [-0.2, 0) is 4.79 Å². The van der Waals surface area contributed by atoms with Crippen molar-refractivity contribution >= 4 is 41.0 Å². The zero-order chi connectivity index (χ0) is 20.0. The van der Waals surface area contributed by atoms with Crippen molar-refractivity contribution in [2.24, 2.45) is 5.10 Å². The van der Waals surface area contributed by atoms with E-state index < -0.39 is 10.8 Å². The number of rotatable bonds is 7. The van der Waals surface area contributed by atoms with Gasteiger partial charge >= 0.3 is 0 Å². The number of benzene rings is 2. The molecule has 2 rings (SSSR count). The number of nitrogens with one attached hydrogen (secondary N) is 1. The van der Waals surface area contributed by atoms with Crippen LogP contribution in [0.5, 0.6) is 17.2 Å². The smallest absolute Gasteiger partial charge is 0.277 e. The molecule has 2 N–H and O–H groups in total. The van der Waals surface area contributed by atoms with Gasteiger partial charge in [0.1, 0.15) is 5.75 Å². The first-order valence-electron chi connectivity index (χ1n) is 7.27. The summed E-state index contributed by atoms with van der Waals surface area (Å²) >= 11 is 11.7. The molecule has 0 bridgehead atoms. The van der Waals surface area contributed by atoms with Crippen LogP contribution in [-0.4, -0.2) is 35.9 Å². The molecule has 27 heavy (non-hydrogen) atoms. The van der Waals surface area contributed by atoms with Crippen LogP contribution in [0, 0.1) is 10.1 Å². The van der Waals surface area contributed by atoms with Gasteiger partial charge in [-0.1, -0.05) is 23.2 Å². The number of phenolic OH excluding ortho intramolecular Hbond substituents is 1. The third-order valence-corrected chi connectivity index (χ3v) is 3.70. The maximum absolute atomic E-state index is 11.8. The highest BCUT2D eigenvalue weighted by Crippen LogP contribution is 2.33. The van der Waals surface area contributed by atoms with Gasteiger partial charge in [-0.05, 0) is 18.2 Å². The minimum atomic E-state index is -0.651. The van der Waals surface area contributed by atoms with Crippen LogP contribution in [0.4, 0.5) is 5.69 Å². The molecule has 0 aromatic heterocycles. The Balaban J connectivity index is 2.01. The number of carbonyl (C=O) groups is 1.